The lowest BCUT2D eigenvalue weighted by atomic mass is 10.2. The largest absolute Gasteiger partial charge is 0.363 e. The number of hydrogen-bond acceptors (Lipinski definition) is 8. The van der Waals surface area contributed by atoms with Gasteiger partial charge in [-0.1, -0.05) is 41.7 Å². The van der Waals surface area contributed by atoms with Crippen molar-refractivity contribution < 1.29 is 4.92 Å². The molecule has 144 valence electrons. The van der Waals surface area contributed by atoms with Gasteiger partial charge in [-0.3, -0.25) is 10.1 Å². The Labute approximate surface area is 170 Å². The van der Waals surface area contributed by atoms with Gasteiger partial charge in [0.25, 0.3) is 5.69 Å². The number of nitrogens with zero attached hydrogens (tertiary/aromatic N) is 5. The van der Waals surface area contributed by atoms with E-state index in [1.54, 1.807) is 12.1 Å². The van der Waals surface area contributed by atoms with Crippen molar-refractivity contribution in [2.75, 3.05) is 5.32 Å². The first kappa shape index (κ1) is 18.6. The van der Waals surface area contributed by atoms with E-state index in [9.17, 15) is 10.1 Å². The summed E-state index contributed by atoms with van der Waals surface area (Å²) >= 11 is 1.52. The molecule has 0 radical (unpaired) electrons. The fourth-order valence-corrected chi connectivity index (χ4v) is 3.49. The molecule has 2 heterocycles. The minimum absolute atomic E-state index is 0.0326. The van der Waals surface area contributed by atoms with Gasteiger partial charge in [0.2, 0.25) is 0 Å². The quantitative estimate of drug-likeness (QED) is 0.373. The number of aromatic nitrogens is 4. The number of nitrogens with one attached hydrogen (secondary N) is 1. The third kappa shape index (κ3) is 4.41. The van der Waals surface area contributed by atoms with E-state index in [1.807, 2.05) is 43.3 Å². The van der Waals surface area contributed by atoms with Gasteiger partial charge in [-0.25, -0.2) is 9.97 Å². The third-order valence-electron chi connectivity index (χ3n) is 4.10. The van der Waals surface area contributed by atoms with Crippen molar-refractivity contribution in [2.45, 2.75) is 13.5 Å². The van der Waals surface area contributed by atoms with Crippen molar-refractivity contribution in [1.29, 1.82) is 0 Å². The highest BCUT2D eigenvalue weighted by Gasteiger charge is 2.10. The molecule has 0 aliphatic rings. The topological polar surface area (TPSA) is 107 Å². The first-order valence-corrected chi connectivity index (χ1v) is 9.62. The van der Waals surface area contributed by atoms with Crippen LogP contribution >= 0.6 is 11.3 Å². The van der Waals surface area contributed by atoms with Gasteiger partial charge in [0.05, 0.1) is 11.5 Å². The summed E-state index contributed by atoms with van der Waals surface area (Å²) in [6.45, 7) is 2.36. The van der Waals surface area contributed by atoms with Crippen LogP contribution in [0.5, 0.6) is 0 Å². The van der Waals surface area contributed by atoms with E-state index >= 15 is 0 Å². The van der Waals surface area contributed by atoms with E-state index in [-0.39, 0.29) is 5.69 Å². The average molecular weight is 404 g/mol. The standard InChI is InChI=1S/C20H16N6O2S/c1-13-11-17(23-19(22-13)14-7-9-16(10-8-14)26(27)28)21-12-18-24-25-20(29-18)15-5-3-2-4-6-15/h2-11H,12H2,1H3,(H,21,22,23). The van der Waals surface area contributed by atoms with Gasteiger partial charge in [-0.15, -0.1) is 10.2 Å². The van der Waals surface area contributed by atoms with Gasteiger partial charge in [0, 0.05) is 35.0 Å². The Kier molecular flexibility index (Phi) is 5.21. The summed E-state index contributed by atoms with van der Waals surface area (Å²) in [6, 6.07) is 17.9. The van der Waals surface area contributed by atoms with Crippen LogP contribution in [0, 0.1) is 17.0 Å². The molecule has 0 spiro atoms. The van der Waals surface area contributed by atoms with Crippen molar-refractivity contribution in [2.24, 2.45) is 0 Å². The first-order valence-electron chi connectivity index (χ1n) is 8.81. The normalized spacial score (nSPS) is 10.7. The third-order valence-corrected chi connectivity index (χ3v) is 5.07. The van der Waals surface area contributed by atoms with Crippen molar-refractivity contribution in [3.63, 3.8) is 0 Å². The zero-order valence-electron chi connectivity index (χ0n) is 15.4. The lowest BCUT2D eigenvalue weighted by Crippen LogP contribution is -2.04. The Morgan fingerprint density at radius 3 is 2.48 bits per heavy atom. The Morgan fingerprint density at radius 2 is 1.76 bits per heavy atom. The van der Waals surface area contributed by atoms with E-state index in [0.717, 1.165) is 21.3 Å². The molecule has 0 atom stereocenters. The Balaban J connectivity index is 1.50. The molecule has 0 unspecified atom stereocenters. The molecule has 29 heavy (non-hydrogen) atoms. The molecule has 0 amide bonds. The number of nitro groups is 1. The summed E-state index contributed by atoms with van der Waals surface area (Å²) in [7, 11) is 0. The molecule has 0 saturated carbocycles. The average Bonchev–Trinajstić information content (AvgIpc) is 3.22. The summed E-state index contributed by atoms with van der Waals surface area (Å²) in [5.41, 5.74) is 2.57. The molecule has 0 bridgehead atoms. The summed E-state index contributed by atoms with van der Waals surface area (Å²) < 4.78 is 0. The van der Waals surface area contributed by atoms with E-state index in [2.05, 4.69) is 25.5 Å². The molecule has 0 aliphatic heterocycles. The molecule has 0 aliphatic carbocycles. The zero-order valence-corrected chi connectivity index (χ0v) is 16.3. The maximum Gasteiger partial charge on any atom is 0.269 e. The number of benzene rings is 2. The molecule has 0 fully saturated rings. The fraction of sp³-hybridized carbons (Fsp3) is 0.100. The molecule has 0 saturated heterocycles. The molecule has 1 N–H and O–H groups in total. The number of rotatable bonds is 6. The summed E-state index contributed by atoms with van der Waals surface area (Å²) in [4.78, 5) is 19.3. The zero-order chi connectivity index (χ0) is 20.2. The molecule has 2 aromatic heterocycles. The van der Waals surface area contributed by atoms with Crippen LogP contribution in [0.2, 0.25) is 0 Å². The van der Waals surface area contributed by atoms with E-state index in [0.29, 0.717) is 23.8 Å². The van der Waals surface area contributed by atoms with Crippen LogP contribution in [0.1, 0.15) is 10.7 Å². The summed E-state index contributed by atoms with van der Waals surface area (Å²) in [5, 5.41) is 24.3. The van der Waals surface area contributed by atoms with Gasteiger partial charge >= 0.3 is 0 Å². The maximum absolute atomic E-state index is 10.8. The van der Waals surface area contributed by atoms with Gasteiger partial charge in [0.1, 0.15) is 15.8 Å². The molecular formula is C20H16N6O2S. The van der Waals surface area contributed by atoms with Crippen molar-refractivity contribution in [1.82, 2.24) is 20.2 Å². The molecule has 9 heteroatoms. The van der Waals surface area contributed by atoms with Crippen molar-refractivity contribution in [3.8, 4) is 22.0 Å². The minimum Gasteiger partial charge on any atom is -0.363 e. The lowest BCUT2D eigenvalue weighted by molar-refractivity contribution is -0.384. The number of aryl methyl sites for hydroxylation is 1. The molecular weight excluding hydrogens is 388 g/mol. The number of anilines is 1. The smallest absolute Gasteiger partial charge is 0.269 e. The molecule has 4 rings (SSSR count). The fourth-order valence-electron chi connectivity index (χ4n) is 2.71. The van der Waals surface area contributed by atoms with Crippen LogP contribution in [-0.4, -0.2) is 25.1 Å². The monoisotopic (exact) mass is 404 g/mol. The SMILES string of the molecule is Cc1cc(NCc2nnc(-c3ccccc3)s2)nc(-c2ccc([N+](=O)[O-])cc2)n1. The Hall–Kier alpha value is -3.72. The molecule has 4 aromatic rings. The van der Waals surface area contributed by atoms with E-state index < -0.39 is 4.92 Å². The van der Waals surface area contributed by atoms with Crippen LogP contribution in [0.25, 0.3) is 22.0 Å². The summed E-state index contributed by atoms with van der Waals surface area (Å²) in [5.74, 6) is 1.16. The number of non-ortho nitro benzene ring substituents is 1. The highest BCUT2D eigenvalue weighted by atomic mass is 32.1. The molecule has 8 nitrogen and oxygen atoms in total. The minimum atomic E-state index is -0.431. The highest BCUT2D eigenvalue weighted by molar-refractivity contribution is 7.14. The number of hydrogen-bond donors (Lipinski definition) is 1. The van der Waals surface area contributed by atoms with Crippen molar-refractivity contribution in [3.05, 3.63) is 81.5 Å². The predicted molar refractivity (Wildman–Crippen MR) is 112 cm³/mol. The molecule has 2 aromatic carbocycles. The van der Waals surface area contributed by atoms with E-state index in [4.69, 9.17) is 0 Å². The van der Waals surface area contributed by atoms with Crippen LogP contribution in [0.3, 0.4) is 0 Å². The highest BCUT2D eigenvalue weighted by Crippen LogP contribution is 2.24. The van der Waals surface area contributed by atoms with Gasteiger partial charge < -0.3 is 5.32 Å². The second-order valence-corrected chi connectivity index (χ2v) is 7.30. The van der Waals surface area contributed by atoms with Gasteiger partial charge in [-0.2, -0.15) is 0 Å². The second kappa shape index (κ2) is 8.11. The summed E-state index contributed by atoms with van der Waals surface area (Å²) in [6.07, 6.45) is 0. The van der Waals surface area contributed by atoms with Crippen LogP contribution in [-0.2, 0) is 6.54 Å². The maximum atomic E-state index is 10.8. The van der Waals surface area contributed by atoms with Gasteiger partial charge in [0.15, 0.2) is 5.82 Å². The van der Waals surface area contributed by atoms with Gasteiger partial charge in [-0.05, 0) is 19.1 Å². The number of nitro benzene ring substituents is 1. The Morgan fingerprint density at radius 1 is 1.00 bits per heavy atom. The lowest BCUT2D eigenvalue weighted by Gasteiger charge is -2.07. The van der Waals surface area contributed by atoms with Crippen LogP contribution in [0.15, 0.2) is 60.7 Å². The van der Waals surface area contributed by atoms with E-state index in [1.165, 1.54) is 23.5 Å². The first-order chi connectivity index (χ1) is 14.1. The Bertz CT molecular complexity index is 1150. The second-order valence-electron chi connectivity index (χ2n) is 6.24. The van der Waals surface area contributed by atoms with Crippen molar-refractivity contribution >= 4 is 22.8 Å². The van der Waals surface area contributed by atoms with Crippen LogP contribution in [0.4, 0.5) is 11.5 Å². The van der Waals surface area contributed by atoms with Crippen LogP contribution < -0.4 is 5.32 Å². The predicted octanol–water partition coefficient (Wildman–Crippen LogP) is 4.49.